The molecule has 0 radical (unpaired) electrons. The number of nitrogens with one attached hydrogen (secondary N) is 1. The molecule has 1 atom stereocenters. The minimum atomic E-state index is 0.0880. The van der Waals surface area contributed by atoms with E-state index in [1.807, 2.05) is 30.3 Å². The molecular weight excluding hydrogens is 390 g/mol. The molecule has 1 amide bonds. The van der Waals surface area contributed by atoms with E-state index in [-0.39, 0.29) is 11.9 Å². The second-order valence-electron chi connectivity index (χ2n) is 8.06. The molecule has 0 bridgehead atoms. The standard InChI is InChI=1S/C25H35N3O3/c1-4-8-22(21-9-6-5-7-10-21)26-25(29)19-28-15-13-27(14-16-28)18-20-11-12-23(30-2)24(17-20)31-3/h5-7,9-12,17,22H,4,8,13-16,18-19H2,1-3H3,(H,26,29)/t22-/m0/s1. The van der Waals surface area contributed by atoms with E-state index in [9.17, 15) is 4.79 Å². The van der Waals surface area contributed by atoms with Gasteiger partial charge < -0.3 is 14.8 Å². The molecule has 2 aromatic carbocycles. The van der Waals surface area contributed by atoms with Gasteiger partial charge >= 0.3 is 0 Å². The van der Waals surface area contributed by atoms with Gasteiger partial charge in [0.25, 0.3) is 0 Å². The van der Waals surface area contributed by atoms with Crippen molar-refractivity contribution in [2.24, 2.45) is 0 Å². The average molecular weight is 426 g/mol. The first kappa shape index (κ1) is 23.1. The van der Waals surface area contributed by atoms with Gasteiger partial charge in [-0.2, -0.15) is 0 Å². The van der Waals surface area contributed by atoms with Crippen molar-refractivity contribution in [3.8, 4) is 11.5 Å². The van der Waals surface area contributed by atoms with Gasteiger partial charge in [0.05, 0.1) is 26.8 Å². The van der Waals surface area contributed by atoms with Crippen LogP contribution in [-0.2, 0) is 11.3 Å². The number of rotatable bonds is 10. The van der Waals surface area contributed by atoms with Gasteiger partial charge in [0.15, 0.2) is 11.5 Å². The quantitative estimate of drug-likeness (QED) is 0.632. The van der Waals surface area contributed by atoms with E-state index in [0.29, 0.717) is 6.54 Å². The van der Waals surface area contributed by atoms with Gasteiger partial charge in [-0.05, 0) is 29.7 Å². The van der Waals surface area contributed by atoms with Gasteiger partial charge in [0.2, 0.25) is 5.91 Å². The summed E-state index contributed by atoms with van der Waals surface area (Å²) in [5, 5.41) is 3.24. The van der Waals surface area contributed by atoms with Crippen LogP contribution in [0.2, 0.25) is 0 Å². The Labute approximate surface area is 186 Å². The predicted molar refractivity (Wildman–Crippen MR) is 123 cm³/mol. The molecule has 6 nitrogen and oxygen atoms in total. The highest BCUT2D eigenvalue weighted by atomic mass is 16.5. The first-order valence-corrected chi connectivity index (χ1v) is 11.1. The second kappa shape index (κ2) is 11.7. The van der Waals surface area contributed by atoms with Crippen LogP contribution in [0.1, 0.15) is 36.9 Å². The Kier molecular flexibility index (Phi) is 8.74. The molecule has 0 spiro atoms. The Morgan fingerprint density at radius 1 is 0.968 bits per heavy atom. The summed E-state index contributed by atoms with van der Waals surface area (Å²) in [6, 6.07) is 16.4. The Balaban J connectivity index is 1.46. The smallest absolute Gasteiger partial charge is 0.234 e. The zero-order chi connectivity index (χ0) is 22.1. The van der Waals surface area contributed by atoms with Crippen molar-refractivity contribution in [2.45, 2.75) is 32.4 Å². The van der Waals surface area contributed by atoms with Crippen molar-refractivity contribution in [3.05, 3.63) is 59.7 Å². The van der Waals surface area contributed by atoms with Gasteiger partial charge in [0, 0.05) is 32.7 Å². The largest absolute Gasteiger partial charge is 0.493 e. The van der Waals surface area contributed by atoms with E-state index in [4.69, 9.17) is 9.47 Å². The highest BCUT2D eigenvalue weighted by Crippen LogP contribution is 2.28. The molecule has 3 rings (SSSR count). The van der Waals surface area contributed by atoms with Crippen molar-refractivity contribution >= 4 is 5.91 Å². The number of hydrogen-bond acceptors (Lipinski definition) is 5. The van der Waals surface area contributed by atoms with Crippen molar-refractivity contribution in [2.75, 3.05) is 46.9 Å². The number of methoxy groups -OCH3 is 2. The summed E-state index contributed by atoms with van der Waals surface area (Å²) in [7, 11) is 3.31. The predicted octanol–water partition coefficient (Wildman–Crippen LogP) is 3.48. The lowest BCUT2D eigenvalue weighted by atomic mass is 10.0. The Bertz CT molecular complexity index is 820. The Hall–Kier alpha value is -2.57. The van der Waals surface area contributed by atoms with E-state index in [2.05, 4.69) is 40.2 Å². The second-order valence-corrected chi connectivity index (χ2v) is 8.06. The summed E-state index contributed by atoms with van der Waals surface area (Å²) in [5.41, 5.74) is 2.38. The highest BCUT2D eigenvalue weighted by Gasteiger charge is 2.21. The molecule has 168 valence electrons. The van der Waals surface area contributed by atoms with E-state index in [1.165, 1.54) is 11.1 Å². The summed E-state index contributed by atoms with van der Waals surface area (Å²) in [6.07, 6.45) is 1.99. The van der Waals surface area contributed by atoms with Gasteiger partial charge in [-0.25, -0.2) is 0 Å². The van der Waals surface area contributed by atoms with Crippen LogP contribution in [0.4, 0.5) is 0 Å². The van der Waals surface area contributed by atoms with Gasteiger partial charge in [0.1, 0.15) is 0 Å². The Morgan fingerprint density at radius 2 is 1.65 bits per heavy atom. The van der Waals surface area contributed by atoms with E-state index < -0.39 is 0 Å². The molecule has 0 aromatic heterocycles. The molecule has 1 N–H and O–H groups in total. The molecule has 0 unspecified atom stereocenters. The molecule has 2 aromatic rings. The van der Waals surface area contributed by atoms with Crippen molar-refractivity contribution in [1.82, 2.24) is 15.1 Å². The number of amides is 1. The molecule has 0 aliphatic carbocycles. The van der Waals surface area contributed by atoms with Crippen molar-refractivity contribution < 1.29 is 14.3 Å². The van der Waals surface area contributed by atoms with Gasteiger partial charge in [-0.15, -0.1) is 0 Å². The van der Waals surface area contributed by atoms with Gasteiger partial charge in [-0.1, -0.05) is 49.7 Å². The van der Waals surface area contributed by atoms with Crippen LogP contribution in [0.15, 0.2) is 48.5 Å². The topological polar surface area (TPSA) is 54.0 Å². The first-order chi connectivity index (χ1) is 15.1. The van der Waals surface area contributed by atoms with Crippen LogP contribution >= 0.6 is 0 Å². The third-order valence-corrected chi connectivity index (χ3v) is 5.80. The lowest BCUT2D eigenvalue weighted by Crippen LogP contribution is -2.49. The first-order valence-electron chi connectivity index (χ1n) is 11.1. The zero-order valence-corrected chi connectivity index (χ0v) is 19.0. The summed E-state index contributed by atoms with van der Waals surface area (Å²) < 4.78 is 10.7. The molecule has 1 saturated heterocycles. The average Bonchev–Trinajstić information content (AvgIpc) is 2.80. The number of carbonyl (C=O) groups excluding carboxylic acids is 1. The van der Waals surface area contributed by atoms with Crippen LogP contribution in [-0.4, -0.2) is 62.7 Å². The number of ether oxygens (including phenoxy) is 2. The summed E-state index contributed by atoms with van der Waals surface area (Å²) in [5.74, 6) is 1.62. The normalized spacial score (nSPS) is 16.0. The van der Waals surface area contributed by atoms with Crippen LogP contribution in [0, 0.1) is 0 Å². The van der Waals surface area contributed by atoms with Crippen LogP contribution < -0.4 is 14.8 Å². The number of benzene rings is 2. The maximum atomic E-state index is 12.7. The SMILES string of the molecule is CCC[C@H](NC(=O)CN1CCN(Cc2ccc(OC)c(OC)c2)CC1)c1ccccc1. The monoisotopic (exact) mass is 425 g/mol. The number of carbonyl (C=O) groups is 1. The zero-order valence-electron chi connectivity index (χ0n) is 19.0. The minimum absolute atomic E-state index is 0.0880. The third kappa shape index (κ3) is 6.71. The molecular formula is C25H35N3O3. The molecule has 1 aliphatic heterocycles. The molecule has 1 fully saturated rings. The molecule has 31 heavy (non-hydrogen) atoms. The third-order valence-electron chi connectivity index (χ3n) is 5.80. The lowest BCUT2D eigenvalue weighted by molar-refractivity contribution is -0.123. The summed E-state index contributed by atoms with van der Waals surface area (Å²) in [4.78, 5) is 17.3. The maximum absolute atomic E-state index is 12.7. The molecule has 1 heterocycles. The fourth-order valence-electron chi connectivity index (χ4n) is 4.08. The van der Waals surface area contributed by atoms with E-state index in [1.54, 1.807) is 14.2 Å². The highest BCUT2D eigenvalue weighted by molar-refractivity contribution is 5.78. The number of nitrogens with zero attached hydrogens (tertiary/aromatic N) is 2. The maximum Gasteiger partial charge on any atom is 0.234 e. The fourth-order valence-corrected chi connectivity index (χ4v) is 4.08. The van der Waals surface area contributed by atoms with Crippen molar-refractivity contribution in [3.63, 3.8) is 0 Å². The summed E-state index contributed by atoms with van der Waals surface area (Å²) in [6.45, 7) is 7.15. The van der Waals surface area contributed by atoms with Gasteiger partial charge in [-0.3, -0.25) is 14.6 Å². The van der Waals surface area contributed by atoms with Crippen LogP contribution in [0.25, 0.3) is 0 Å². The fraction of sp³-hybridized carbons (Fsp3) is 0.480. The molecule has 6 heteroatoms. The number of hydrogen-bond donors (Lipinski definition) is 1. The van der Waals surface area contributed by atoms with Crippen LogP contribution in [0.5, 0.6) is 11.5 Å². The van der Waals surface area contributed by atoms with Crippen LogP contribution in [0.3, 0.4) is 0 Å². The number of piperazine rings is 1. The van der Waals surface area contributed by atoms with E-state index >= 15 is 0 Å². The van der Waals surface area contributed by atoms with E-state index in [0.717, 1.165) is 57.1 Å². The Morgan fingerprint density at radius 3 is 2.29 bits per heavy atom. The minimum Gasteiger partial charge on any atom is -0.493 e. The lowest BCUT2D eigenvalue weighted by Gasteiger charge is -2.34. The molecule has 1 aliphatic rings. The summed E-state index contributed by atoms with van der Waals surface area (Å²) >= 11 is 0. The molecule has 0 saturated carbocycles. The van der Waals surface area contributed by atoms with Crippen molar-refractivity contribution in [1.29, 1.82) is 0 Å².